The van der Waals surface area contributed by atoms with Crippen LogP contribution in [0.1, 0.15) is 43.4 Å². The maximum absolute atomic E-state index is 13.7. The number of hydrogen-bond acceptors (Lipinski definition) is 8. The lowest BCUT2D eigenvalue weighted by atomic mass is 9.96. The van der Waals surface area contributed by atoms with Crippen LogP contribution in [0, 0.1) is 17.0 Å². The van der Waals surface area contributed by atoms with Gasteiger partial charge < -0.3 is 14.2 Å². The van der Waals surface area contributed by atoms with Crippen LogP contribution in [0.25, 0.3) is 22.3 Å². The topological polar surface area (TPSA) is 118 Å². The SMILES string of the molecule is C=CCOc1c(OC)cc(C=Nn2c(-c3cc(C(C)C)c(OCC)cc3C)nc3ccccc3c2=O)cc1[N+](=O)[O-]. The van der Waals surface area contributed by atoms with Crippen molar-refractivity contribution in [1.29, 1.82) is 0 Å². The van der Waals surface area contributed by atoms with E-state index in [1.54, 1.807) is 24.3 Å². The van der Waals surface area contributed by atoms with Crippen molar-refractivity contribution in [3.05, 3.63) is 98.3 Å². The van der Waals surface area contributed by atoms with Crippen LogP contribution in [-0.4, -0.2) is 41.1 Å². The smallest absolute Gasteiger partial charge is 0.315 e. The molecule has 4 aromatic rings. The molecule has 10 nitrogen and oxygen atoms in total. The number of aromatic nitrogens is 2. The Bertz CT molecular complexity index is 1710. The van der Waals surface area contributed by atoms with E-state index in [0.717, 1.165) is 16.9 Å². The molecule has 0 aliphatic carbocycles. The van der Waals surface area contributed by atoms with Gasteiger partial charge in [-0.25, -0.2) is 4.98 Å². The highest BCUT2D eigenvalue weighted by molar-refractivity contribution is 5.84. The van der Waals surface area contributed by atoms with Crippen molar-refractivity contribution in [2.45, 2.75) is 33.6 Å². The summed E-state index contributed by atoms with van der Waals surface area (Å²) >= 11 is 0. The zero-order valence-corrected chi connectivity index (χ0v) is 23.7. The highest BCUT2D eigenvalue weighted by Gasteiger charge is 2.23. The van der Waals surface area contributed by atoms with E-state index >= 15 is 0 Å². The Morgan fingerprint density at radius 1 is 1.15 bits per heavy atom. The molecular weight excluding hydrogens is 524 g/mol. The maximum Gasteiger partial charge on any atom is 0.315 e. The van der Waals surface area contributed by atoms with Crippen molar-refractivity contribution in [3.8, 4) is 28.6 Å². The van der Waals surface area contributed by atoms with E-state index in [1.807, 2.05) is 32.0 Å². The van der Waals surface area contributed by atoms with Crippen LogP contribution < -0.4 is 19.8 Å². The lowest BCUT2D eigenvalue weighted by Crippen LogP contribution is -2.21. The molecule has 0 N–H and O–H groups in total. The fourth-order valence-electron chi connectivity index (χ4n) is 4.46. The Morgan fingerprint density at radius 3 is 2.56 bits per heavy atom. The number of ether oxygens (including phenoxy) is 3. The zero-order valence-electron chi connectivity index (χ0n) is 23.7. The van der Waals surface area contributed by atoms with Gasteiger partial charge in [0.15, 0.2) is 11.6 Å². The van der Waals surface area contributed by atoms with E-state index in [4.69, 9.17) is 19.2 Å². The molecule has 41 heavy (non-hydrogen) atoms. The number of hydrogen-bond donors (Lipinski definition) is 0. The molecule has 0 bridgehead atoms. The van der Waals surface area contributed by atoms with Crippen molar-refractivity contribution in [1.82, 2.24) is 9.66 Å². The molecule has 0 fully saturated rings. The first-order valence-electron chi connectivity index (χ1n) is 13.1. The minimum Gasteiger partial charge on any atom is -0.494 e. The Kier molecular flexibility index (Phi) is 8.81. The van der Waals surface area contributed by atoms with Gasteiger partial charge in [-0.05, 0) is 61.2 Å². The highest BCUT2D eigenvalue weighted by Crippen LogP contribution is 2.38. The molecule has 0 spiro atoms. The minimum absolute atomic E-state index is 0.0222. The Hall–Kier alpha value is -4.99. The van der Waals surface area contributed by atoms with Gasteiger partial charge in [-0.2, -0.15) is 9.78 Å². The molecule has 10 heteroatoms. The van der Waals surface area contributed by atoms with Crippen LogP contribution in [0.2, 0.25) is 0 Å². The first kappa shape index (κ1) is 29.0. The number of aryl methyl sites for hydroxylation is 1. The van der Waals surface area contributed by atoms with Gasteiger partial charge in [0, 0.05) is 17.2 Å². The number of nitro benzene ring substituents is 1. The number of rotatable bonds is 11. The van der Waals surface area contributed by atoms with Crippen LogP contribution in [0.5, 0.6) is 17.2 Å². The van der Waals surface area contributed by atoms with Crippen LogP contribution >= 0.6 is 0 Å². The van der Waals surface area contributed by atoms with Gasteiger partial charge in [0.05, 0.1) is 35.8 Å². The van der Waals surface area contributed by atoms with E-state index in [0.29, 0.717) is 34.5 Å². The molecule has 0 atom stereocenters. The molecule has 0 aliphatic heterocycles. The van der Waals surface area contributed by atoms with E-state index < -0.39 is 4.92 Å². The molecule has 212 valence electrons. The Labute approximate surface area is 237 Å². The summed E-state index contributed by atoms with van der Waals surface area (Å²) in [5, 5.41) is 16.7. The van der Waals surface area contributed by atoms with Crippen LogP contribution in [0.15, 0.2) is 71.1 Å². The second-order valence-corrected chi connectivity index (χ2v) is 9.53. The lowest BCUT2D eigenvalue weighted by molar-refractivity contribution is -0.385. The molecule has 1 aromatic heterocycles. The van der Waals surface area contributed by atoms with E-state index in [-0.39, 0.29) is 35.3 Å². The average Bonchev–Trinajstić information content (AvgIpc) is 2.95. The fourth-order valence-corrected chi connectivity index (χ4v) is 4.46. The molecule has 0 radical (unpaired) electrons. The second-order valence-electron chi connectivity index (χ2n) is 9.53. The highest BCUT2D eigenvalue weighted by atomic mass is 16.6. The number of methoxy groups -OCH3 is 1. The predicted molar refractivity (Wildman–Crippen MR) is 160 cm³/mol. The molecular formula is C31H32N4O6. The minimum atomic E-state index is -0.565. The summed E-state index contributed by atoms with van der Waals surface area (Å²) in [6, 6.07) is 13.8. The third kappa shape index (κ3) is 5.96. The van der Waals surface area contributed by atoms with Gasteiger partial charge in [0.2, 0.25) is 5.75 Å². The molecule has 4 rings (SSSR count). The summed E-state index contributed by atoms with van der Waals surface area (Å²) in [7, 11) is 1.39. The number of nitrogens with zero attached hydrogens (tertiary/aromatic N) is 4. The summed E-state index contributed by atoms with van der Waals surface area (Å²) in [6.07, 6.45) is 2.84. The third-order valence-corrected chi connectivity index (χ3v) is 6.42. The van der Waals surface area contributed by atoms with E-state index in [1.165, 1.54) is 30.1 Å². The summed E-state index contributed by atoms with van der Waals surface area (Å²) in [6.45, 7) is 12.2. The van der Waals surface area contributed by atoms with Crippen molar-refractivity contribution in [3.63, 3.8) is 0 Å². The molecule has 3 aromatic carbocycles. The number of benzene rings is 3. The fraction of sp³-hybridized carbons (Fsp3) is 0.258. The summed E-state index contributed by atoms with van der Waals surface area (Å²) in [4.78, 5) is 29.8. The Balaban J connectivity index is 1.95. The van der Waals surface area contributed by atoms with Crippen LogP contribution in [0.3, 0.4) is 0 Å². The Morgan fingerprint density at radius 2 is 1.90 bits per heavy atom. The van der Waals surface area contributed by atoms with Crippen molar-refractivity contribution in [2.75, 3.05) is 20.3 Å². The zero-order chi connectivity index (χ0) is 29.7. The summed E-state index contributed by atoms with van der Waals surface area (Å²) in [5.41, 5.74) is 2.71. The first-order chi connectivity index (χ1) is 19.7. The van der Waals surface area contributed by atoms with Gasteiger partial charge in [0.1, 0.15) is 12.4 Å². The van der Waals surface area contributed by atoms with Gasteiger partial charge in [0.25, 0.3) is 5.56 Å². The number of nitro groups is 1. The van der Waals surface area contributed by atoms with Gasteiger partial charge in [-0.1, -0.05) is 38.6 Å². The maximum atomic E-state index is 13.7. The van der Waals surface area contributed by atoms with Gasteiger partial charge in [-0.15, -0.1) is 0 Å². The monoisotopic (exact) mass is 556 g/mol. The van der Waals surface area contributed by atoms with Crippen LogP contribution in [-0.2, 0) is 0 Å². The average molecular weight is 557 g/mol. The molecule has 0 aliphatic rings. The molecule has 0 amide bonds. The van der Waals surface area contributed by atoms with Gasteiger partial charge >= 0.3 is 5.69 Å². The standard InChI is InChI=1S/C31H32N4O6/c1-7-13-41-29-26(35(37)38)15-21(16-28(29)39-6)18-32-34-30(33-25-12-10-9-11-22(25)31(34)36)24-17-23(19(3)4)27(40-8-2)14-20(24)5/h7,9-12,14-19H,1,8,13H2,2-6H3. The largest absolute Gasteiger partial charge is 0.494 e. The lowest BCUT2D eigenvalue weighted by Gasteiger charge is -2.18. The summed E-state index contributed by atoms with van der Waals surface area (Å²) < 4.78 is 18.0. The van der Waals surface area contributed by atoms with E-state index in [9.17, 15) is 14.9 Å². The summed E-state index contributed by atoms with van der Waals surface area (Å²) in [5.74, 6) is 1.39. The second kappa shape index (κ2) is 12.5. The third-order valence-electron chi connectivity index (χ3n) is 6.42. The number of para-hydroxylation sites is 1. The molecule has 0 saturated carbocycles. The van der Waals surface area contributed by atoms with E-state index in [2.05, 4.69) is 25.5 Å². The van der Waals surface area contributed by atoms with Crippen molar-refractivity contribution in [2.24, 2.45) is 5.10 Å². The first-order valence-corrected chi connectivity index (χ1v) is 13.1. The van der Waals surface area contributed by atoms with Gasteiger partial charge in [-0.3, -0.25) is 14.9 Å². The molecule has 0 unspecified atom stereocenters. The molecule has 1 heterocycles. The van der Waals surface area contributed by atoms with Crippen LogP contribution in [0.4, 0.5) is 5.69 Å². The van der Waals surface area contributed by atoms with Crippen molar-refractivity contribution >= 4 is 22.8 Å². The predicted octanol–water partition coefficient (Wildman–Crippen LogP) is 6.26. The van der Waals surface area contributed by atoms with Crippen molar-refractivity contribution < 1.29 is 19.1 Å². The number of fused-ring (bicyclic) bond motifs is 1. The quantitative estimate of drug-likeness (QED) is 0.0926. The molecule has 0 saturated heterocycles. The normalized spacial score (nSPS) is 11.3.